The fraction of sp³-hybridized carbons (Fsp3) is 0.471. The van der Waals surface area contributed by atoms with E-state index >= 15 is 0 Å². The number of unbranched alkanes of at least 4 members (excludes halogenated alkanes) is 1. The van der Waals surface area contributed by atoms with Gasteiger partial charge < -0.3 is 14.8 Å². The van der Waals surface area contributed by atoms with E-state index < -0.39 is 0 Å². The van der Waals surface area contributed by atoms with Gasteiger partial charge in [0.2, 0.25) is 5.91 Å². The second-order valence-corrected chi connectivity index (χ2v) is 5.26. The van der Waals surface area contributed by atoms with Gasteiger partial charge in [-0.25, -0.2) is 0 Å². The zero-order chi connectivity index (χ0) is 14.9. The molecule has 1 N–H and O–H groups in total. The number of epoxide rings is 1. The Morgan fingerprint density at radius 1 is 1.33 bits per heavy atom. The molecular weight excluding hydrogens is 266 g/mol. The Balaban J connectivity index is 1.50. The van der Waals surface area contributed by atoms with E-state index in [9.17, 15) is 4.79 Å². The van der Waals surface area contributed by atoms with Crippen molar-refractivity contribution in [3.63, 3.8) is 0 Å². The molecule has 0 aliphatic carbocycles. The maximum absolute atomic E-state index is 11.9. The number of ether oxygens (including phenoxy) is 2. The first kappa shape index (κ1) is 15.7. The Hall–Kier alpha value is -1.65. The Kier molecular flexibility index (Phi) is 6.44. The molecule has 0 spiro atoms. The summed E-state index contributed by atoms with van der Waals surface area (Å²) >= 11 is 0. The van der Waals surface area contributed by atoms with Gasteiger partial charge in [-0.05, 0) is 18.4 Å². The molecule has 21 heavy (non-hydrogen) atoms. The maximum Gasteiger partial charge on any atom is 0.246 e. The molecule has 114 valence electrons. The van der Waals surface area contributed by atoms with Crippen LogP contribution in [0.5, 0.6) is 0 Å². The number of amides is 1. The van der Waals surface area contributed by atoms with Crippen LogP contribution in [0.25, 0.3) is 0 Å². The summed E-state index contributed by atoms with van der Waals surface area (Å²) in [4.78, 5) is 11.9. The van der Waals surface area contributed by atoms with Gasteiger partial charge in [-0.3, -0.25) is 4.79 Å². The summed E-state index contributed by atoms with van der Waals surface area (Å²) in [7, 11) is 0. The van der Waals surface area contributed by atoms with Gasteiger partial charge in [0, 0.05) is 25.1 Å². The van der Waals surface area contributed by atoms with Crippen LogP contribution in [-0.2, 0) is 20.7 Å². The Morgan fingerprint density at radius 2 is 2.10 bits per heavy atom. The van der Waals surface area contributed by atoms with Crippen molar-refractivity contribution in [2.45, 2.75) is 25.4 Å². The molecule has 1 fully saturated rings. The number of hydrogen-bond acceptors (Lipinski definition) is 3. The van der Waals surface area contributed by atoms with Crippen molar-refractivity contribution in [1.82, 2.24) is 5.32 Å². The Labute approximate surface area is 126 Å². The van der Waals surface area contributed by atoms with Crippen LogP contribution in [0.1, 0.15) is 18.4 Å². The van der Waals surface area contributed by atoms with Crippen molar-refractivity contribution >= 4 is 5.91 Å². The lowest BCUT2D eigenvalue weighted by Crippen LogP contribution is -2.26. The van der Waals surface area contributed by atoms with E-state index in [1.807, 2.05) is 30.3 Å². The number of carbonyl (C=O) groups excluding carboxylic acids is 1. The van der Waals surface area contributed by atoms with E-state index in [1.165, 1.54) is 0 Å². The van der Waals surface area contributed by atoms with Crippen LogP contribution >= 0.6 is 0 Å². The van der Waals surface area contributed by atoms with Crippen LogP contribution in [0.3, 0.4) is 0 Å². The summed E-state index contributed by atoms with van der Waals surface area (Å²) in [5.74, 6) is -0.0637. The quantitative estimate of drug-likeness (QED) is 0.408. The molecule has 2 rings (SSSR count). The molecule has 1 saturated heterocycles. The second-order valence-electron chi connectivity index (χ2n) is 5.26. The number of benzene rings is 1. The minimum Gasteiger partial charge on any atom is -0.379 e. The van der Waals surface area contributed by atoms with E-state index in [4.69, 9.17) is 9.47 Å². The van der Waals surface area contributed by atoms with Crippen molar-refractivity contribution in [2.24, 2.45) is 0 Å². The zero-order valence-electron chi connectivity index (χ0n) is 12.3. The number of rotatable bonds is 10. The number of carbonyl (C=O) groups is 1. The molecule has 0 aromatic heterocycles. The zero-order valence-corrected chi connectivity index (χ0v) is 12.3. The van der Waals surface area contributed by atoms with Crippen molar-refractivity contribution in [3.8, 4) is 0 Å². The molecule has 1 aliphatic rings. The monoisotopic (exact) mass is 289 g/mol. The second kappa shape index (κ2) is 8.60. The average molecular weight is 289 g/mol. The van der Waals surface area contributed by atoms with E-state index in [-0.39, 0.29) is 5.91 Å². The Morgan fingerprint density at radius 3 is 2.81 bits per heavy atom. The van der Waals surface area contributed by atoms with E-state index in [1.54, 1.807) is 0 Å². The van der Waals surface area contributed by atoms with Crippen molar-refractivity contribution in [2.75, 3.05) is 26.4 Å². The summed E-state index contributed by atoms with van der Waals surface area (Å²) in [6.45, 7) is 6.77. The minimum atomic E-state index is -0.0637. The highest BCUT2D eigenvalue weighted by molar-refractivity contribution is 5.93. The fourth-order valence-electron chi connectivity index (χ4n) is 1.96. The molecule has 1 aromatic rings. The first-order valence-electron chi connectivity index (χ1n) is 7.45. The van der Waals surface area contributed by atoms with Gasteiger partial charge in [-0.15, -0.1) is 0 Å². The van der Waals surface area contributed by atoms with Crippen LogP contribution in [0.15, 0.2) is 42.5 Å². The molecule has 0 saturated carbocycles. The third-order valence-corrected chi connectivity index (χ3v) is 3.29. The predicted molar refractivity (Wildman–Crippen MR) is 82.1 cm³/mol. The lowest BCUT2D eigenvalue weighted by Gasteiger charge is -2.08. The van der Waals surface area contributed by atoms with Gasteiger partial charge in [0.15, 0.2) is 0 Å². The van der Waals surface area contributed by atoms with Gasteiger partial charge in [-0.2, -0.15) is 0 Å². The van der Waals surface area contributed by atoms with Crippen molar-refractivity contribution in [3.05, 3.63) is 48.0 Å². The minimum absolute atomic E-state index is 0.0637. The molecule has 0 bridgehead atoms. The highest BCUT2D eigenvalue weighted by Crippen LogP contribution is 2.08. The summed E-state index contributed by atoms with van der Waals surface area (Å²) < 4.78 is 10.5. The van der Waals surface area contributed by atoms with Crippen LogP contribution in [0.2, 0.25) is 0 Å². The lowest BCUT2D eigenvalue weighted by molar-refractivity contribution is -0.117. The number of hydrogen-bond donors (Lipinski definition) is 1. The van der Waals surface area contributed by atoms with Gasteiger partial charge in [0.25, 0.3) is 0 Å². The van der Waals surface area contributed by atoms with Crippen LogP contribution in [-0.4, -0.2) is 38.4 Å². The molecule has 1 unspecified atom stereocenters. The first-order chi connectivity index (χ1) is 10.3. The summed E-state index contributed by atoms with van der Waals surface area (Å²) in [6, 6.07) is 9.89. The largest absolute Gasteiger partial charge is 0.379 e. The maximum atomic E-state index is 11.9. The van der Waals surface area contributed by atoms with Crippen LogP contribution < -0.4 is 5.32 Å². The van der Waals surface area contributed by atoms with E-state index in [0.29, 0.717) is 31.2 Å². The highest BCUT2D eigenvalue weighted by atomic mass is 16.6. The molecule has 1 atom stereocenters. The molecule has 1 aliphatic heterocycles. The summed E-state index contributed by atoms with van der Waals surface area (Å²) in [6.07, 6.45) is 2.77. The summed E-state index contributed by atoms with van der Waals surface area (Å²) in [5.41, 5.74) is 1.71. The SMILES string of the molecule is C=C(Cc1ccccc1)C(=O)NCCCCOCC1CO1. The predicted octanol–water partition coefficient (Wildman–Crippen LogP) is 2.10. The molecular formula is C17H23NO3. The standard InChI is InChI=1S/C17H23NO3/c1-14(11-15-7-3-2-4-8-15)17(19)18-9-5-6-10-20-12-16-13-21-16/h2-4,7-8,16H,1,5-6,9-13H2,(H,18,19). The van der Waals surface area contributed by atoms with Crippen LogP contribution in [0.4, 0.5) is 0 Å². The highest BCUT2D eigenvalue weighted by Gasteiger charge is 2.21. The Bertz CT molecular complexity index is 454. The topological polar surface area (TPSA) is 50.9 Å². The lowest BCUT2D eigenvalue weighted by atomic mass is 10.1. The molecule has 4 nitrogen and oxygen atoms in total. The molecule has 1 heterocycles. The number of nitrogens with one attached hydrogen (secondary N) is 1. The van der Waals surface area contributed by atoms with Gasteiger partial charge in [-0.1, -0.05) is 36.9 Å². The average Bonchev–Trinajstić information content (AvgIpc) is 3.31. The van der Waals surface area contributed by atoms with Gasteiger partial charge in [0.05, 0.1) is 13.2 Å². The molecule has 4 heteroatoms. The normalized spacial score (nSPS) is 16.5. The smallest absolute Gasteiger partial charge is 0.246 e. The van der Waals surface area contributed by atoms with Gasteiger partial charge in [0.1, 0.15) is 6.10 Å². The molecule has 1 amide bonds. The third-order valence-electron chi connectivity index (χ3n) is 3.29. The first-order valence-corrected chi connectivity index (χ1v) is 7.45. The summed E-state index contributed by atoms with van der Waals surface area (Å²) in [5, 5.41) is 2.90. The van der Waals surface area contributed by atoms with Gasteiger partial charge >= 0.3 is 0 Å². The third kappa shape index (κ3) is 6.56. The van der Waals surface area contributed by atoms with E-state index in [2.05, 4.69) is 11.9 Å². The van der Waals surface area contributed by atoms with Crippen molar-refractivity contribution in [1.29, 1.82) is 0 Å². The van der Waals surface area contributed by atoms with E-state index in [0.717, 1.165) is 31.6 Å². The fourth-order valence-corrected chi connectivity index (χ4v) is 1.96. The molecule has 0 radical (unpaired) electrons. The van der Waals surface area contributed by atoms with Crippen molar-refractivity contribution < 1.29 is 14.3 Å². The molecule has 1 aromatic carbocycles. The van der Waals surface area contributed by atoms with Crippen LogP contribution in [0, 0.1) is 0 Å².